The van der Waals surface area contributed by atoms with Gasteiger partial charge in [0.25, 0.3) is 5.91 Å². The molecule has 0 radical (unpaired) electrons. The zero-order chi connectivity index (χ0) is 28.1. The maximum atomic E-state index is 13.6. The monoisotopic (exact) mass is 593 g/mol. The van der Waals surface area contributed by atoms with E-state index >= 15 is 0 Å². The normalized spacial score (nSPS) is 24.6. The van der Waals surface area contributed by atoms with Gasteiger partial charge in [0.1, 0.15) is 34.9 Å². The first-order chi connectivity index (χ1) is 19.9. The van der Waals surface area contributed by atoms with Gasteiger partial charge in [-0.2, -0.15) is 5.10 Å². The second-order valence-electron chi connectivity index (χ2n) is 11.2. The lowest BCUT2D eigenvalue weighted by Gasteiger charge is -2.36. The van der Waals surface area contributed by atoms with Gasteiger partial charge in [-0.1, -0.05) is 11.6 Å². The molecule has 4 aromatic rings. The minimum atomic E-state index is -0.147. The van der Waals surface area contributed by atoms with Gasteiger partial charge in [0.2, 0.25) is 0 Å². The van der Waals surface area contributed by atoms with Crippen molar-refractivity contribution in [3.8, 4) is 17.0 Å². The maximum absolute atomic E-state index is 13.6. The number of amides is 1. The van der Waals surface area contributed by atoms with Crippen molar-refractivity contribution in [2.45, 2.75) is 62.8 Å². The smallest absolute Gasteiger partial charge is 0.265 e. The van der Waals surface area contributed by atoms with E-state index in [0.29, 0.717) is 39.4 Å². The van der Waals surface area contributed by atoms with Crippen LogP contribution in [0.5, 0.6) is 5.75 Å². The number of thiophene rings is 1. The molecule has 4 aromatic heterocycles. The number of hydrogen-bond donors (Lipinski definition) is 2. The molecule has 1 amide bonds. The van der Waals surface area contributed by atoms with Crippen LogP contribution in [0.4, 0.5) is 11.5 Å². The number of rotatable bonds is 6. The van der Waals surface area contributed by atoms with Gasteiger partial charge >= 0.3 is 0 Å². The first-order valence-corrected chi connectivity index (χ1v) is 15.3. The standard InChI is InChI=1S/C28H32ClN9O2S/c1-36-18-4-5-19(36)8-20(7-18)40-23-10-24(29)41-26(23)28(39)35-17-3-2-6-37(13-17)22-9-21(16-11-31-14-32-12-16)38-25(22)27(30)33-15-34-38/h9-12,14-15,17-20H,2-8,13H2,1H3,(H,35,39)(H2,30,33,34)/t17-,18?,19?,20?/m1/s1. The maximum Gasteiger partial charge on any atom is 0.265 e. The summed E-state index contributed by atoms with van der Waals surface area (Å²) >= 11 is 7.67. The van der Waals surface area contributed by atoms with Crippen molar-refractivity contribution < 1.29 is 9.53 Å². The van der Waals surface area contributed by atoms with Gasteiger partial charge in [0.05, 0.1) is 15.7 Å². The molecular weight excluding hydrogens is 562 g/mol. The van der Waals surface area contributed by atoms with Crippen LogP contribution in [0.25, 0.3) is 16.8 Å². The number of halogens is 1. The largest absolute Gasteiger partial charge is 0.489 e. The van der Waals surface area contributed by atoms with Crippen molar-refractivity contribution in [1.29, 1.82) is 0 Å². The average molecular weight is 594 g/mol. The molecule has 3 atom stereocenters. The molecule has 2 unspecified atom stereocenters. The van der Waals surface area contributed by atoms with Crippen LogP contribution < -0.4 is 20.7 Å². The number of aromatic nitrogens is 5. The molecule has 7 rings (SSSR count). The van der Waals surface area contributed by atoms with Crippen molar-refractivity contribution in [2.75, 3.05) is 30.8 Å². The van der Waals surface area contributed by atoms with Gasteiger partial charge in [-0.25, -0.2) is 19.5 Å². The van der Waals surface area contributed by atoms with E-state index in [1.165, 1.54) is 36.8 Å². The number of hydrogen-bond acceptors (Lipinski definition) is 10. The second kappa shape index (κ2) is 10.7. The number of carbonyl (C=O) groups is 1. The van der Waals surface area contributed by atoms with Crippen LogP contribution in [0.1, 0.15) is 48.2 Å². The highest BCUT2D eigenvalue weighted by Gasteiger charge is 2.40. The molecule has 0 aromatic carbocycles. The highest BCUT2D eigenvalue weighted by molar-refractivity contribution is 7.18. The van der Waals surface area contributed by atoms with Crippen LogP contribution in [0, 0.1) is 0 Å². The van der Waals surface area contributed by atoms with Crippen molar-refractivity contribution >= 4 is 45.9 Å². The zero-order valence-corrected chi connectivity index (χ0v) is 24.3. The van der Waals surface area contributed by atoms with Crippen LogP contribution in [0.2, 0.25) is 4.34 Å². The molecule has 41 heavy (non-hydrogen) atoms. The summed E-state index contributed by atoms with van der Waals surface area (Å²) in [7, 11) is 2.21. The van der Waals surface area contributed by atoms with Crippen LogP contribution in [0.3, 0.4) is 0 Å². The predicted octanol–water partition coefficient (Wildman–Crippen LogP) is 3.89. The van der Waals surface area contributed by atoms with Crippen LogP contribution in [-0.2, 0) is 0 Å². The minimum Gasteiger partial charge on any atom is -0.489 e. The Kier molecular flexibility index (Phi) is 6.92. The van der Waals surface area contributed by atoms with Gasteiger partial charge in [0.15, 0.2) is 5.82 Å². The van der Waals surface area contributed by atoms with E-state index in [0.717, 1.165) is 54.7 Å². The van der Waals surface area contributed by atoms with E-state index in [1.54, 1.807) is 23.0 Å². The van der Waals surface area contributed by atoms with Crippen LogP contribution in [0.15, 0.2) is 37.2 Å². The summed E-state index contributed by atoms with van der Waals surface area (Å²) < 4.78 is 8.77. The van der Waals surface area contributed by atoms with Gasteiger partial charge in [0, 0.05) is 55.2 Å². The Hall–Kier alpha value is -3.48. The number of nitrogens with two attached hydrogens (primary N) is 1. The van der Waals surface area contributed by atoms with Gasteiger partial charge < -0.3 is 25.6 Å². The second-order valence-corrected chi connectivity index (χ2v) is 12.9. The molecule has 214 valence electrons. The Balaban J connectivity index is 1.09. The molecule has 11 nitrogen and oxygen atoms in total. The lowest BCUT2D eigenvalue weighted by atomic mass is 10.0. The van der Waals surface area contributed by atoms with E-state index in [2.05, 4.69) is 42.2 Å². The number of carbonyl (C=O) groups excluding carboxylic acids is 1. The third-order valence-electron chi connectivity index (χ3n) is 8.74. The molecule has 2 bridgehead atoms. The van der Waals surface area contributed by atoms with E-state index in [4.69, 9.17) is 22.1 Å². The molecule has 3 saturated heterocycles. The molecule has 0 aliphatic carbocycles. The van der Waals surface area contributed by atoms with Crippen molar-refractivity contribution in [3.05, 3.63) is 46.4 Å². The molecule has 13 heteroatoms. The number of nitrogen functional groups attached to an aromatic ring is 1. The van der Waals surface area contributed by atoms with E-state index in [-0.39, 0.29) is 18.1 Å². The fourth-order valence-electron chi connectivity index (χ4n) is 6.72. The summed E-state index contributed by atoms with van der Waals surface area (Å²) in [6.45, 7) is 1.45. The molecule has 3 N–H and O–H groups in total. The first-order valence-electron chi connectivity index (χ1n) is 14.1. The van der Waals surface area contributed by atoms with Gasteiger partial charge in [-0.15, -0.1) is 11.3 Å². The highest BCUT2D eigenvalue weighted by Crippen LogP contribution is 2.40. The summed E-state index contributed by atoms with van der Waals surface area (Å²) in [4.78, 5) is 31.4. The summed E-state index contributed by atoms with van der Waals surface area (Å²) in [5.74, 6) is 0.838. The van der Waals surface area contributed by atoms with Crippen LogP contribution >= 0.6 is 22.9 Å². The summed E-state index contributed by atoms with van der Waals surface area (Å²) in [6.07, 6.45) is 12.7. The van der Waals surface area contributed by atoms with Crippen molar-refractivity contribution in [2.24, 2.45) is 0 Å². The van der Waals surface area contributed by atoms with Crippen molar-refractivity contribution in [3.63, 3.8) is 0 Å². The number of piperidine rings is 2. The fraction of sp³-hybridized carbons (Fsp3) is 0.464. The molecule has 0 saturated carbocycles. The average Bonchev–Trinajstić information content (AvgIpc) is 3.60. The summed E-state index contributed by atoms with van der Waals surface area (Å²) in [6, 6.07) is 4.88. The van der Waals surface area contributed by atoms with E-state index < -0.39 is 0 Å². The number of ether oxygens (including phenoxy) is 1. The quantitative estimate of drug-likeness (QED) is 0.342. The first kappa shape index (κ1) is 26.4. The Morgan fingerprint density at radius 3 is 2.71 bits per heavy atom. The Bertz CT molecular complexity index is 1560. The minimum absolute atomic E-state index is 0.0616. The molecule has 3 aliphatic rings. The number of fused-ring (bicyclic) bond motifs is 3. The Morgan fingerprint density at radius 2 is 1.93 bits per heavy atom. The zero-order valence-electron chi connectivity index (χ0n) is 22.7. The predicted molar refractivity (Wildman–Crippen MR) is 159 cm³/mol. The van der Waals surface area contributed by atoms with Gasteiger partial charge in [-0.05, 0) is 51.6 Å². The highest BCUT2D eigenvalue weighted by atomic mass is 35.5. The third kappa shape index (κ3) is 4.98. The molecule has 0 spiro atoms. The SMILES string of the molecule is CN1C2CCC1CC(Oc1cc(Cl)sc1C(=O)N[C@@H]1CCCN(c3cc(-c4cncnc4)n4ncnc(N)c34)C1)C2. The van der Waals surface area contributed by atoms with E-state index in [9.17, 15) is 4.79 Å². The molecule has 7 heterocycles. The van der Waals surface area contributed by atoms with E-state index in [1.807, 2.05) is 6.07 Å². The summed E-state index contributed by atoms with van der Waals surface area (Å²) in [5, 5.41) is 7.72. The Labute approximate surface area is 246 Å². The van der Waals surface area contributed by atoms with Gasteiger partial charge in [-0.3, -0.25) is 4.79 Å². The molecular formula is C28H32ClN9O2S. The topological polar surface area (TPSA) is 127 Å². The lowest BCUT2D eigenvalue weighted by molar-refractivity contribution is 0.0652. The number of nitrogens with one attached hydrogen (secondary N) is 1. The lowest BCUT2D eigenvalue weighted by Crippen LogP contribution is -2.48. The van der Waals surface area contributed by atoms with Crippen molar-refractivity contribution in [1.82, 2.24) is 34.8 Å². The number of anilines is 2. The fourth-order valence-corrected chi connectivity index (χ4v) is 7.77. The van der Waals surface area contributed by atoms with Crippen LogP contribution in [-0.4, -0.2) is 79.7 Å². The Morgan fingerprint density at radius 1 is 1.15 bits per heavy atom. The third-order valence-corrected chi connectivity index (χ3v) is 9.98. The molecule has 3 fully saturated rings. The molecule has 3 aliphatic heterocycles. The number of nitrogens with zero attached hydrogens (tertiary/aromatic N) is 7. The summed E-state index contributed by atoms with van der Waals surface area (Å²) in [5.41, 5.74) is 9.64.